The molecule has 4 heteroatoms. The molecular weight excluding hydrogens is 216 g/mol. The molecular formula is C13H24N2O2. The first-order chi connectivity index (χ1) is 7.84. The van der Waals surface area contributed by atoms with Gasteiger partial charge in [-0.3, -0.25) is 9.69 Å². The zero-order valence-corrected chi connectivity index (χ0v) is 11.4. The van der Waals surface area contributed by atoms with E-state index in [2.05, 4.69) is 37.6 Å². The molecule has 1 heterocycles. The van der Waals surface area contributed by atoms with Crippen LogP contribution in [-0.4, -0.2) is 43.1 Å². The Morgan fingerprint density at radius 2 is 2.06 bits per heavy atom. The van der Waals surface area contributed by atoms with Crippen molar-refractivity contribution in [1.29, 1.82) is 0 Å². The Labute approximate surface area is 104 Å². The molecule has 0 unspecified atom stereocenters. The summed E-state index contributed by atoms with van der Waals surface area (Å²) in [5, 5.41) is 2.92. The van der Waals surface area contributed by atoms with Crippen LogP contribution in [0.4, 0.5) is 0 Å². The summed E-state index contributed by atoms with van der Waals surface area (Å²) in [5.74, 6) is 0.995. The summed E-state index contributed by atoms with van der Waals surface area (Å²) in [5.41, 5.74) is 0.168. The molecule has 0 bridgehead atoms. The van der Waals surface area contributed by atoms with Gasteiger partial charge in [0.25, 0.3) is 0 Å². The molecule has 17 heavy (non-hydrogen) atoms. The highest BCUT2D eigenvalue weighted by Gasteiger charge is 2.37. The number of nitrogens with one attached hydrogen (secondary N) is 1. The van der Waals surface area contributed by atoms with Crippen LogP contribution in [0.1, 0.15) is 27.2 Å². The summed E-state index contributed by atoms with van der Waals surface area (Å²) >= 11 is 0. The quantitative estimate of drug-likeness (QED) is 0.738. The second-order valence-electron chi connectivity index (χ2n) is 5.56. The van der Waals surface area contributed by atoms with Crippen molar-refractivity contribution in [2.45, 2.75) is 32.7 Å². The Balaban J connectivity index is 2.18. The summed E-state index contributed by atoms with van der Waals surface area (Å²) in [6.07, 6.45) is 0.679. The molecule has 1 amide bonds. The molecule has 1 rings (SSSR count). The van der Waals surface area contributed by atoms with Gasteiger partial charge in [-0.25, -0.2) is 0 Å². The average Bonchev–Trinajstić information content (AvgIpc) is 2.12. The van der Waals surface area contributed by atoms with Gasteiger partial charge in [-0.15, -0.1) is 0 Å². The van der Waals surface area contributed by atoms with Crippen molar-refractivity contribution in [1.82, 2.24) is 10.2 Å². The Morgan fingerprint density at radius 3 is 2.53 bits per heavy atom. The normalized spacial score (nSPS) is 17.4. The third-order valence-corrected chi connectivity index (χ3v) is 3.19. The molecule has 4 nitrogen and oxygen atoms in total. The van der Waals surface area contributed by atoms with Gasteiger partial charge in [-0.1, -0.05) is 6.58 Å². The highest BCUT2D eigenvalue weighted by Crippen LogP contribution is 2.25. The van der Waals surface area contributed by atoms with Gasteiger partial charge in [0.1, 0.15) is 0 Å². The number of carbonyl (C=O) groups is 1. The van der Waals surface area contributed by atoms with Crippen molar-refractivity contribution in [3.63, 3.8) is 0 Å². The van der Waals surface area contributed by atoms with Crippen LogP contribution in [0, 0.1) is 5.92 Å². The molecule has 0 spiro atoms. The average molecular weight is 240 g/mol. The van der Waals surface area contributed by atoms with E-state index < -0.39 is 0 Å². The third-order valence-electron chi connectivity index (χ3n) is 3.19. The van der Waals surface area contributed by atoms with Crippen LogP contribution in [0.25, 0.3) is 0 Å². The van der Waals surface area contributed by atoms with Gasteiger partial charge in [-0.2, -0.15) is 0 Å². The molecule has 1 fully saturated rings. The number of ether oxygens (including phenoxy) is 1. The number of rotatable bonds is 5. The summed E-state index contributed by atoms with van der Waals surface area (Å²) < 4.78 is 4.94. The van der Waals surface area contributed by atoms with Crippen molar-refractivity contribution >= 4 is 5.91 Å². The molecule has 1 N–H and O–H groups in total. The molecule has 0 aliphatic carbocycles. The van der Waals surface area contributed by atoms with Crippen LogP contribution in [0.2, 0.25) is 0 Å². The molecule has 0 radical (unpaired) electrons. The van der Waals surface area contributed by atoms with Crippen LogP contribution in [0.3, 0.4) is 0 Å². The highest BCUT2D eigenvalue weighted by atomic mass is 16.5. The number of carbonyl (C=O) groups excluding carboxylic acids is 1. The lowest BCUT2D eigenvalue weighted by Gasteiger charge is -2.46. The van der Waals surface area contributed by atoms with E-state index in [-0.39, 0.29) is 17.4 Å². The molecule has 0 aromatic rings. The van der Waals surface area contributed by atoms with E-state index >= 15 is 0 Å². The SMILES string of the molecule is C=C(CCNC(=O)C1CN(C(C)(C)C)C1)OC. The topological polar surface area (TPSA) is 41.6 Å². The van der Waals surface area contributed by atoms with Gasteiger partial charge >= 0.3 is 0 Å². The summed E-state index contributed by atoms with van der Waals surface area (Å²) in [6, 6.07) is 0. The van der Waals surface area contributed by atoms with E-state index in [9.17, 15) is 4.79 Å². The third kappa shape index (κ3) is 4.04. The van der Waals surface area contributed by atoms with Crippen molar-refractivity contribution in [3.8, 4) is 0 Å². The van der Waals surface area contributed by atoms with E-state index in [0.717, 1.165) is 13.1 Å². The van der Waals surface area contributed by atoms with Crippen LogP contribution >= 0.6 is 0 Å². The van der Waals surface area contributed by atoms with Crippen LogP contribution < -0.4 is 5.32 Å². The van der Waals surface area contributed by atoms with Crippen molar-refractivity contribution in [3.05, 3.63) is 12.3 Å². The predicted octanol–water partition coefficient (Wildman–Crippen LogP) is 1.38. The molecule has 1 aliphatic heterocycles. The Hall–Kier alpha value is -1.03. The number of hydrogen-bond donors (Lipinski definition) is 1. The second-order valence-corrected chi connectivity index (χ2v) is 5.56. The minimum atomic E-state index is 0.144. The van der Waals surface area contributed by atoms with E-state index in [1.807, 2.05) is 0 Å². The van der Waals surface area contributed by atoms with Gasteiger partial charge in [0.05, 0.1) is 18.8 Å². The molecule has 98 valence electrons. The number of amides is 1. The van der Waals surface area contributed by atoms with Crippen molar-refractivity contribution in [2.75, 3.05) is 26.7 Å². The minimum Gasteiger partial charge on any atom is -0.502 e. The van der Waals surface area contributed by atoms with E-state index in [4.69, 9.17) is 4.74 Å². The summed E-state index contributed by atoms with van der Waals surface area (Å²) in [6.45, 7) is 12.6. The Kier molecular flexibility index (Phi) is 4.57. The zero-order chi connectivity index (χ0) is 13.1. The van der Waals surface area contributed by atoms with Crippen molar-refractivity contribution in [2.24, 2.45) is 5.92 Å². The molecule has 0 aromatic heterocycles. The van der Waals surface area contributed by atoms with Gasteiger partial charge < -0.3 is 10.1 Å². The fraction of sp³-hybridized carbons (Fsp3) is 0.769. The maximum Gasteiger partial charge on any atom is 0.225 e. The minimum absolute atomic E-state index is 0.144. The standard InChI is InChI=1S/C13H24N2O2/c1-10(17-5)6-7-14-12(16)11-8-15(9-11)13(2,3)4/h11H,1,6-9H2,2-5H3,(H,14,16). The Morgan fingerprint density at radius 1 is 1.47 bits per heavy atom. The monoisotopic (exact) mass is 240 g/mol. The summed E-state index contributed by atoms with van der Waals surface area (Å²) in [4.78, 5) is 14.1. The second kappa shape index (κ2) is 5.54. The van der Waals surface area contributed by atoms with E-state index in [0.29, 0.717) is 18.7 Å². The van der Waals surface area contributed by atoms with Gasteiger partial charge in [0.15, 0.2) is 0 Å². The first-order valence-electron chi connectivity index (χ1n) is 6.09. The maximum absolute atomic E-state index is 11.8. The van der Waals surface area contributed by atoms with Crippen LogP contribution in [0.5, 0.6) is 0 Å². The lowest BCUT2D eigenvalue weighted by atomic mass is 9.92. The summed E-state index contributed by atoms with van der Waals surface area (Å²) in [7, 11) is 1.59. The molecule has 0 atom stereocenters. The number of nitrogens with zero attached hydrogens (tertiary/aromatic N) is 1. The predicted molar refractivity (Wildman–Crippen MR) is 68.6 cm³/mol. The first-order valence-corrected chi connectivity index (χ1v) is 6.09. The van der Waals surface area contributed by atoms with Crippen LogP contribution in [-0.2, 0) is 9.53 Å². The van der Waals surface area contributed by atoms with Crippen LogP contribution in [0.15, 0.2) is 12.3 Å². The molecule has 1 saturated heterocycles. The highest BCUT2D eigenvalue weighted by molar-refractivity contribution is 5.80. The van der Waals surface area contributed by atoms with Crippen molar-refractivity contribution < 1.29 is 9.53 Å². The van der Waals surface area contributed by atoms with Gasteiger partial charge in [-0.05, 0) is 20.8 Å². The molecule has 0 aromatic carbocycles. The first kappa shape index (κ1) is 14.0. The smallest absolute Gasteiger partial charge is 0.225 e. The fourth-order valence-corrected chi connectivity index (χ4v) is 1.76. The number of likely N-dealkylation sites (tertiary alicyclic amines) is 1. The Bertz CT molecular complexity index is 288. The van der Waals surface area contributed by atoms with Gasteiger partial charge in [0.2, 0.25) is 5.91 Å². The van der Waals surface area contributed by atoms with Gasteiger partial charge in [0, 0.05) is 31.6 Å². The molecule has 1 aliphatic rings. The lowest BCUT2D eigenvalue weighted by Crippen LogP contribution is -2.60. The van der Waals surface area contributed by atoms with E-state index in [1.165, 1.54) is 0 Å². The lowest BCUT2D eigenvalue weighted by molar-refractivity contribution is -0.132. The zero-order valence-electron chi connectivity index (χ0n) is 11.4. The number of hydrogen-bond acceptors (Lipinski definition) is 3. The van der Waals surface area contributed by atoms with E-state index in [1.54, 1.807) is 7.11 Å². The molecule has 0 saturated carbocycles. The maximum atomic E-state index is 11.8. The largest absolute Gasteiger partial charge is 0.502 e. The number of methoxy groups -OCH3 is 1. The fourth-order valence-electron chi connectivity index (χ4n) is 1.76.